The van der Waals surface area contributed by atoms with E-state index in [0.29, 0.717) is 11.8 Å². The van der Waals surface area contributed by atoms with Crippen molar-refractivity contribution < 1.29 is 26.3 Å². The number of sulfonamides is 1. The van der Waals surface area contributed by atoms with Crippen molar-refractivity contribution in [1.82, 2.24) is 0 Å². The molecule has 0 atom stereocenters. The Morgan fingerprint density at radius 3 is 2.21 bits per heavy atom. The van der Waals surface area contributed by atoms with Crippen LogP contribution >= 0.6 is 0 Å². The molecule has 0 aliphatic carbocycles. The van der Waals surface area contributed by atoms with E-state index in [9.17, 15) is 21.6 Å². The number of anilines is 1. The van der Waals surface area contributed by atoms with Crippen molar-refractivity contribution in [1.29, 1.82) is 0 Å². The second kappa shape index (κ2) is 6.72. The third-order valence-electron chi connectivity index (χ3n) is 2.95. The van der Waals surface area contributed by atoms with E-state index in [4.69, 9.17) is 4.74 Å². The van der Waals surface area contributed by atoms with Crippen LogP contribution in [0.15, 0.2) is 53.4 Å². The number of alkyl halides is 3. The summed E-state index contributed by atoms with van der Waals surface area (Å²) in [5.41, 5.74) is -0.797. The zero-order valence-corrected chi connectivity index (χ0v) is 13.8. The molecule has 0 aliphatic rings. The molecule has 8 heteroatoms. The molecule has 24 heavy (non-hydrogen) atoms. The summed E-state index contributed by atoms with van der Waals surface area (Å²) in [5.74, 6) is 0.562. The summed E-state index contributed by atoms with van der Waals surface area (Å²) < 4.78 is 70.3. The van der Waals surface area contributed by atoms with E-state index in [1.54, 1.807) is 12.1 Å². The Bertz CT molecular complexity index is 800. The van der Waals surface area contributed by atoms with Gasteiger partial charge in [-0.3, -0.25) is 4.72 Å². The van der Waals surface area contributed by atoms with Gasteiger partial charge in [-0.05, 0) is 56.3 Å². The van der Waals surface area contributed by atoms with Crippen LogP contribution in [0.4, 0.5) is 18.9 Å². The standard InChI is InChI=1S/C16H16F3NO3S/c1-11(2)23-14-8-6-13(7-9-14)20-24(21,22)15-5-3-4-12(10-15)16(17,18)19/h3-11,20H,1-2H3. The zero-order valence-electron chi connectivity index (χ0n) is 13.0. The molecule has 0 spiro atoms. The van der Waals surface area contributed by atoms with E-state index in [0.717, 1.165) is 18.2 Å². The molecule has 0 saturated heterocycles. The minimum absolute atomic E-state index is 0.0300. The first kappa shape index (κ1) is 18.1. The van der Waals surface area contributed by atoms with E-state index in [1.165, 1.54) is 12.1 Å². The van der Waals surface area contributed by atoms with Gasteiger partial charge in [-0.25, -0.2) is 8.42 Å². The molecular weight excluding hydrogens is 343 g/mol. The number of benzene rings is 2. The molecule has 2 rings (SSSR count). The molecule has 0 amide bonds. The van der Waals surface area contributed by atoms with Crippen molar-refractivity contribution in [3.05, 3.63) is 54.1 Å². The molecule has 2 aromatic rings. The molecule has 0 unspecified atom stereocenters. The fourth-order valence-corrected chi connectivity index (χ4v) is 3.03. The second-order valence-electron chi connectivity index (χ2n) is 5.32. The van der Waals surface area contributed by atoms with Gasteiger partial charge in [-0.2, -0.15) is 13.2 Å². The van der Waals surface area contributed by atoms with Crippen molar-refractivity contribution in [2.75, 3.05) is 4.72 Å². The van der Waals surface area contributed by atoms with Gasteiger partial charge in [-0.1, -0.05) is 6.07 Å². The van der Waals surface area contributed by atoms with Crippen LogP contribution in [0.5, 0.6) is 5.75 Å². The largest absolute Gasteiger partial charge is 0.491 e. The molecule has 0 saturated carbocycles. The summed E-state index contributed by atoms with van der Waals surface area (Å²) in [6, 6.07) is 9.67. The quantitative estimate of drug-likeness (QED) is 0.866. The Hall–Kier alpha value is -2.22. The normalized spacial score (nSPS) is 12.2. The predicted octanol–water partition coefficient (Wildman–Crippen LogP) is 4.29. The molecule has 1 N–H and O–H groups in total. The molecular formula is C16H16F3NO3S. The average molecular weight is 359 g/mol. The SMILES string of the molecule is CC(C)Oc1ccc(NS(=O)(=O)c2cccc(C(F)(F)F)c2)cc1. The Balaban J connectivity index is 2.22. The minimum atomic E-state index is -4.61. The number of nitrogens with one attached hydrogen (secondary N) is 1. The van der Waals surface area contributed by atoms with E-state index in [1.807, 2.05) is 13.8 Å². The summed E-state index contributed by atoms with van der Waals surface area (Å²) in [4.78, 5) is -0.458. The van der Waals surface area contributed by atoms with E-state index < -0.39 is 26.7 Å². The molecule has 0 heterocycles. The van der Waals surface area contributed by atoms with Crippen molar-refractivity contribution in [3.8, 4) is 5.75 Å². The highest BCUT2D eigenvalue weighted by Crippen LogP contribution is 2.31. The summed E-state index contributed by atoms with van der Waals surface area (Å²) in [6.45, 7) is 3.70. The van der Waals surface area contributed by atoms with Crippen molar-refractivity contribution in [3.63, 3.8) is 0 Å². The fraction of sp³-hybridized carbons (Fsp3) is 0.250. The van der Waals surface area contributed by atoms with Crippen molar-refractivity contribution in [2.45, 2.75) is 31.0 Å². The van der Waals surface area contributed by atoms with Crippen LogP contribution in [0, 0.1) is 0 Å². The van der Waals surface area contributed by atoms with Gasteiger partial charge in [0.1, 0.15) is 5.75 Å². The Labute approximate surface area is 138 Å². The highest BCUT2D eigenvalue weighted by atomic mass is 32.2. The van der Waals surface area contributed by atoms with Crippen LogP contribution in [-0.4, -0.2) is 14.5 Å². The average Bonchev–Trinajstić information content (AvgIpc) is 2.48. The lowest BCUT2D eigenvalue weighted by Crippen LogP contribution is -2.14. The van der Waals surface area contributed by atoms with Gasteiger partial charge in [-0.15, -0.1) is 0 Å². The lowest BCUT2D eigenvalue weighted by atomic mass is 10.2. The molecule has 0 bridgehead atoms. The zero-order chi connectivity index (χ0) is 18.0. The van der Waals surface area contributed by atoms with Gasteiger partial charge in [0.15, 0.2) is 0 Å². The first-order valence-electron chi connectivity index (χ1n) is 7.05. The molecule has 130 valence electrons. The number of hydrogen-bond donors (Lipinski definition) is 1. The van der Waals surface area contributed by atoms with Gasteiger partial charge in [0.2, 0.25) is 0 Å². The first-order chi connectivity index (χ1) is 11.1. The molecule has 0 fully saturated rings. The van der Waals surface area contributed by atoms with Crippen LogP contribution in [0.3, 0.4) is 0 Å². The molecule has 0 aromatic heterocycles. The smallest absolute Gasteiger partial charge is 0.416 e. The molecule has 0 aliphatic heterocycles. The van der Waals surface area contributed by atoms with Gasteiger partial charge >= 0.3 is 6.18 Å². The van der Waals surface area contributed by atoms with E-state index >= 15 is 0 Å². The summed E-state index contributed by atoms with van der Waals surface area (Å²) >= 11 is 0. The predicted molar refractivity (Wildman–Crippen MR) is 84.5 cm³/mol. The van der Waals surface area contributed by atoms with Gasteiger partial charge in [0.05, 0.1) is 16.6 Å². The lowest BCUT2D eigenvalue weighted by Gasteiger charge is -2.12. The van der Waals surface area contributed by atoms with Crippen LogP contribution in [0.2, 0.25) is 0 Å². The molecule has 4 nitrogen and oxygen atoms in total. The Morgan fingerprint density at radius 2 is 1.67 bits per heavy atom. The lowest BCUT2D eigenvalue weighted by molar-refractivity contribution is -0.137. The maximum Gasteiger partial charge on any atom is 0.416 e. The van der Waals surface area contributed by atoms with Crippen LogP contribution in [0.25, 0.3) is 0 Å². The van der Waals surface area contributed by atoms with Crippen LogP contribution in [0.1, 0.15) is 19.4 Å². The highest BCUT2D eigenvalue weighted by molar-refractivity contribution is 7.92. The van der Waals surface area contributed by atoms with Crippen molar-refractivity contribution in [2.24, 2.45) is 0 Å². The van der Waals surface area contributed by atoms with Gasteiger partial charge in [0, 0.05) is 5.69 Å². The summed E-state index contributed by atoms with van der Waals surface area (Å²) in [5, 5.41) is 0. The number of rotatable bonds is 5. The monoisotopic (exact) mass is 359 g/mol. The summed E-state index contributed by atoms with van der Waals surface area (Å²) in [6.07, 6.45) is -4.64. The van der Waals surface area contributed by atoms with E-state index in [-0.39, 0.29) is 11.8 Å². The molecule has 0 radical (unpaired) electrons. The van der Waals surface area contributed by atoms with Gasteiger partial charge in [0.25, 0.3) is 10.0 Å². The first-order valence-corrected chi connectivity index (χ1v) is 8.53. The Morgan fingerprint density at radius 1 is 1.04 bits per heavy atom. The Kier molecular flexibility index (Phi) is 5.08. The maximum absolute atomic E-state index is 12.7. The fourth-order valence-electron chi connectivity index (χ4n) is 1.93. The van der Waals surface area contributed by atoms with Crippen LogP contribution in [-0.2, 0) is 16.2 Å². The highest BCUT2D eigenvalue weighted by Gasteiger charge is 2.31. The van der Waals surface area contributed by atoms with Gasteiger partial charge < -0.3 is 4.74 Å². The van der Waals surface area contributed by atoms with Crippen molar-refractivity contribution >= 4 is 15.7 Å². The minimum Gasteiger partial charge on any atom is -0.491 e. The molecule has 2 aromatic carbocycles. The van der Waals surface area contributed by atoms with Crippen LogP contribution < -0.4 is 9.46 Å². The number of ether oxygens (including phenoxy) is 1. The summed E-state index contributed by atoms with van der Waals surface area (Å²) in [7, 11) is -4.12. The van der Waals surface area contributed by atoms with E-state index in [2.05, 4.69) is 4.72 Å². The third kappa shape index (κ3) is 4.64. The number of hydrogen-bond acceptors (Lipinski definition) is 3. The topological polar surface area (TPSA) is 55.4 Å². The second-order valence-corrected chi connectivity index (χ2v) is 7.00. The number of halogens is 3. The maximum atomic E-state index is 12.7. The third-order valence-corrected chi connectivity index (χ3v) is 4.33.